The fourth-order valence-corrected chi connectivity index (χ4v) is 1.57. The fraction of sp³-hybridized carbons (Fsp3) is 0.333. The van der Waals surface area contributed by atoms with Crippen molar-refractivity contribution in [2.24, 2.45) is 0 Å². The summed E-state index contributed by atoms with van der Waals surface area (Å²) >= 11 is 1.11. The maximum atomic E-state index is 10.5. The van der Waals surface area contributed by atoms with Gasteiger partial charge in [0.1, 0.15) is 17.2 Å². The van der Waals surface area contributed by atoms with E-state index in [0.717, 1.165) is 11.3 Å². The minimum Gasteiger partial charge on any atom is -0.491 e. The summed E-state index contributed by atoms with van der Waals surface area (Å²) in [7, 11) is 0. The van der Waals surface area contributed by atoms with E-state index in [1.165, 1.54) is 13.0 Å². The number of hydrogen-bond donors (Lipinski definition) is 2. The van der Waals surface area contributed by atoms with E-state index < -0.39 is 5.97 Å². The van der Waals surface area contributed by atoms with Crippen molar-refractivity contribution in [3.8, 4) is 5.75 Å². The Morgan fingerprint density at radius 2 is 2.33 bits per heavy atom. The van der Waals surface area contributed by atoms with Crippen molar-refractivity contribution in [1.29, 1.82) is 0 Å². The van der Waals surface area contributed by atoms with Gasteiger partial charge >= 0.3 is 5.97 Å². The molecule has 0 saturated carbocycles. The molecule has 0 spiro atoms. The minimum atomic E-state index is -0.961. The molecule has 0 aromatic carbocycles. The largest absolute Gasteiger partial charge is 0.491 e. The molecule has 1 aromatic rings. The Labute approximate surface area is 90.7 Å². The summed E-state index contributed by atoms with van der Waals surface area (Å²) in [4.78, 5) is 21.3. The zero-order valence-corrected chi connectivity index (χ0v) is 8.97. The Morgan fingerprint density at radius 3 is 2.87 bits per heavy atom. The standard InChI is InChI=1S/C9H11NO4S/c1-6(11)10-2-3-14-7-4-8(9(12)13)15-5-7/h4-5H,2-3H2,1H3,(H,10,11)(H,12,13). The number of nitrogens with one attached hydrogen (secondary N) is 1. The van der Waals surface area contributed by atoms with E-state index in [4.69, 9.17) is 9.84 Å². The van der Waals surface area contributed by atoms with Crippen LogP contribution in [-0.4, -0.2) is 30.1 Å². The molecule has 0 aliphatic heterocycles. The molecule has 1 aromatic heterocycles. The van der Waals surface area contributed by atoms with Crippen LogP contribution in [0.5, 0.6) is 5.75 Å². The van der Waals surface area contributed by atoms with Crippen LogP contribution >= 0.6 is 11.3 Å². The van der Waals surface area contributed by atoms with Crippen LogP contribution in [0.3, 0.4) is 0 Å². The van der Waals surface area contributed by atoms with Gasteiger partial charge in [-0.2, -0.15) is 0 Å². The van der Waals surface area contributed by atoms with Crippen LogP contribution < -0.4 is 10.1 Å². The number of carboxylic acids is 1. The number of carbonyl (C=O) groups excluding carboxylic acids is 1. The Kier molecular flexibility index (Phi) is 4.11. The summed E-state index contributed by atoms with van der Waals surface area (Å²) in [5.41, 5.74) is 0. The lowest BCUT2D eigenvalue weighted by Crippen LogP contribution is -2.25. The van der Waals surface area contributed by atoms with Gasteiger partial charge in [0.15, 0.2) is 0 Å². The normalized spacial score (nSPS) is 9.67. The Balaban J connectivity index is 2.31. The van der Waals surface area contributed by atoms with Crippen molar-refractivity contribution in [3.63, 3.8) is 0 Å². The quantitative estimate of drug-likeness (QED) is 0.737. The zero-order valence-electron chi connectivity index (χ0n) is 8.15. The minimum absolute atomic E-state index is 0.116. The van der Waals surface area contributed by atoms with Crippen LogP contribution in [0, 0.1) is 0 Å². The van der Waals surface area contributed by atoms with Crippen LogP contribution in [0.1, 0.15) is 16.6 Å². The van der Waals surface area contributed by atoms with Crippen LogP contribution in [-0.2, 0) is 4.79 Å². The molecule has 1 rings (SSSR count). The van der Waals surface area contributed by atoms with Gasteiger partial charge in [-0.3, -0.25) is 4.79 Å². The van der Waals surface area contributed by atoms with Gasteiger partial charge in [-0.25, -0.2) is 4.79 Å². The molecule has 0 atom stereocenters. The number of hydrogen-bond acceptors (Lipinski definition) is 4. The monoisotopic (exact) mass is 229 g/mol. The lowest BCUT2D eigenvalue weighted by atomic mass is 10.4. The molecule has 0 bridgehead atoms. The number of amides is 1. The van der Waals surface area contributed by atoms with E-state index in [0.29, 0.717) is 18.9 Å². The average Bonchev–Trinajstić information content (AvgIpc) is 2.60. The van der Waals surface area contributed by atoms with Crippen LogP contribution in [0.2, 0.25) is 0 Å². The molecule has 2 N–H and O–H groups in total. The molecule has 5 nitrogen and oxygen atoms in total. The summed E-state index contributed by atoms with van der Waals surface area (Å²) in [6.45, 7) is 2.16. The maximum Gasteiger partial charge on any atom is 0.346 e. The molecule has 0 aliphatic rings. The van der Waals surface area contributed by atoms with E-state index in [9.17, 15) is 9.59 Å². The second-order valence-corrected chi connectivity index (χ2v) is 3.69. The third-order valence-electron chi connectivity index (χ3n) is 1.53. The third kappa shape index (κ3) is 3.99. The molecule has 0 radical (unpaired) electrons. The highest BCUT2D eigenvalue weighted by molar-refractivity contribution is 7.12. The molecule has 0 aliphatic carbocycles. The predicted molar refractivity (Wildman–Crippen MR) is 55.5 cm³/mol. The lowest BCUT2D eigenvalue weighted by Gasteiger charge is -2.03. The molecule has 1 heterocycles. The van der Waals surface area contributed by atoms with Gasteiger partial charge in [0.05, 0.1) is 6.54 Å². The van der Waals surface area contributed by atoms with Gasteiger partial charge in [-0.1, -0.05) is 0 Å². The molecular weight excluding hydrogens is 218 g/mol. The summed E-state index contributed by atoms with van der Waals surface area (Å²) < 4.78 is 5.22. The van der Waals surface area contributed by atoms with Gasteiger partial charge in [-0.15, -0.1) is 11.3 Å². The first-order valence-electron chi connectivity index (χ1n) is 4.28. The molecule has 0 saturated heterocycles. The van der Waals surface area contributed by atoms with E-state index in [-0.39, 0.29) is 10.8 Å². The van der Waals surface area contributed by atoms with Crippen LogP contribution in [0.4, 0.5) is 0 Å². The number of ether oxygens (including phenoxy) is 1. The summed E-state index contributed by atoms with van der Waals surface area (Å²) in [5, 5.41) is 12.8. The summed E-state index contributed by atoms with van der Waals surface area (Å²) in [6.07, 6.45) is 0. The van der Waals surface area contributed by atoms with Crippen LogP contribution in [0.15, 0.2) is 11.4 Å². The smallest absolute Gasteiger partial charge is 0.346 e. The molecule has 82 valence electrons. The van der Waals surface area contributed by atoms with Gasteiger partial charge in [0.25, 0.3) is 0 Å². The van der Waals surface area contributed by atoms with E-state index in [2.05, 4.69) is 5.32 Å². The molecule has 15 heavy (non-hydrogen) atoms. The first-order chi connectivity index (χ1) is 7.09. The maximum absolute atomic E-state index is 10.5. The van der Waals surface area contributed by atoms with Gasteiger partial charge in [-0.05, 0) is 0 Å². The highest BCUT2D eigenvalue weighted by Gasteiger charge is 2.06. The van der Waals surface area contributed by atoms with Crippen LogP contribution in [0.25, 0.3) is 0 Å². The summed E-state index contributed by atoms with van der Waals surface area (Å²) in [5.74, 6) is -0.561. The van der Waals surface area contributed by atoms with Gasteiger partial charge in [0.2, 0.25) is 5.91 Å². The third-order valence-corrected chi connectivity index (χ3v) is 2.43. The highest BCUT2D eigenvalue weighted by atomic mass is 32.1. The molecule has 6 heteroatoms. The lowest BCUT2D eigenvalue weighted by molar-refractivity contribution is -0.119. The second-order valence-electron chi connectivity index (χ2n) is 2.78. The van der Waals surface area contributed by atoms with Gasteiger partial charge in [0, 0.05) is 18.4 Å². The predicted octanol–water partition coefficient (Wildman–Crippen LogP) is 0.961. The second kappa shape index (κ2) is 5.35. The van der Waals surface area contributed by atoms with Crippen molar-refractivity contribution in [3.05, 3.63) is 16.3 Å². The van der Waals surface area contributed by atoms with Crippen molar-refractivity contribution in [1.82, 2.24) is 5.32 Å². The van der Waals surface area contributed by atoms with E-state index >= 15 is 0 Å². The SMILES string of the molecule is CC(=O)NCCOc1csc(C(=O)O)c1. The number of carboxylic acid groups (broad SMARTS) is 1. The number of rotatable bonds is 5. The topological polar surface area (TPSA) is 75.6 Å². The molecule has 0 unspecified atom stereocenters. The van der Waals surface area contributed by atoms with Crippen molar-refractivity contribution in [2.75, 3.05) is 13.2 Å². The van der Waals surface area contributed by atoms with Crippen molar-refractivity contribution in [2.45, 2.75) is 6.92 Å². The zero-order chi connectivity index (χ0) is 11.3. The highest BCUT2D eigenvalue weighted by Crippen LogP contribution is 2.21. The number of aromatic carboxylic acids is 1. The van der Waals surface area contributed by atoms with E-state index in [1.54, 1.807) is 5.38 Å². The summed E-state index contributed by atoms with van der Waals surface area (Å²) in [6, 6.07) is 1.46. The Hall–Kier alpha value is -1.56. The molecule has 1 amide bonds. The van der Waals surface area contributed by atoms with E-state index in [1.807, 2.05) is 0 Å². The number of thiophene rings is 1. The average molecular weight is 229 g/mol. The molecule has 0 fully saturated rings. The van der Waals surface area contributed by atoms with Crippen molar-refractivity contribution >= 4 is 23.2 Å². The van der Waals surface area contributed by atoms with Crippen molar-refractivity contribution < 1.29 is 19.4 Å². The fourth-order valence-electron chi connectivity index (χ4n) is 0.903. The first-order valence-corrected chi connectivity index (χ1v) is 5.16. The number of carbonyl (C=O) groups is 2. The Bertz CT molecular complexity index is 361. The molecular formula is C9H11NO4S. The van der Waals surface area contributed by atoms with Gasteiger partial charge < -0.3 is 15.2 Å². The first kappa shape index (κ1) is 11.5. The Morgan fingerprint density at radius 1 is 1.60 bits per heavy atom.